The zero-order chi connectivity index (χ0) is 16.6. The molecule has 1 amide bonds. The number of fused-ring (bicyclic) bond motifs is 1. The van der Waals surface area contributed by atoms with Gasteiger partial charge in [-0.2, -0.15) is 0 Å². The van der Waals surface area contributed by atoms with E-state index in [1.807, 2.05) is 6.92 Å². The van der Waals surface area contributed by atoms with Crippen molar-refractivity contribution in [2.75, 3.05) is 5.32 Å². The molecule has 0 saturated heterocycles. The van der Waals surface area contributed by atoms with Crippen molar-refractivity contribution in [1.82, 2.24) is 4.98 Å². The van der Waals surface area contributed by atoms with E-state index in [4.69, 9.17) is 11.6 Å². The largest absolute Gasteiger partial charge is 0.298 e. The molecule has 0 aliphatic carbocycles. The molecule has 116 valence electrons. The van der Waals surface area contributed by atoms with E-state index in [9.17, 15) is 14.9 Å². The Kier molecular flexibility index (Phi) is 3.97. The van der Waals surface area contributed by atoms with Crippen LogP contribution >= 0.6 is 22.9 Å². The Hall–Kier alpha value is -2.51. The van der Waals surface area contributed by atoms with Crippen LogP contribution < -0.4 is 5.32 Å². The van der Waals surface area contributed by atoms with Crippen LogP contribution in [0.4, 0.5) is 10.8 Å². The molecule has 0 aliphatic rings. The molecule has 8 heteroatoms. The van der Waals surface area contributed by atoms with Crippen molar-refractivity contribution in [3.8, 4) is 0 Å². The van der Waals surface area contributed by atoms with Gasteiger partial charge in [-0.25, -0.2) is 4.98 Å². The number of carbonyl (C=O) groups is 1. The quantitative estimate of drug-likeness (QED) is 0.561. The van der Waals surface area contributed by atoms with Crippen molar-refractivity contribution in [3.05, 3.63) is 62.7 Å². The Labute approximate surface area is 139 Å². The Bertz CT molecular complexity index is 939. The number of amides is 1. The zero-order valence-corrected chi connectivity index (χ0v) is 13.4. The highest BCUT2D eigenvalue weighted by molar-refractivity contribution is 7.22. The highest BCUT2D eigenvalue weighted by Gasteiger charge is 2.14. The zero-order valence-electron chi connectivity index (χ0n) is 11.9. The number of nitrogens with zero attached hydrogens (tertiary/aromatic N) is 2. The summed E-state index contributed by atoms with van der Waals surface area (Å²) in [7, 11) is 0. The van der Waals surface area contributed by atoms with Crippen LogP contribution in [0.2, 0.25) is 5.02 Å². The Morgan fingerprint density at radius 2 is 2.09 bits per heavy atom. The van der Waals surface area contributed by atoms with Crippen LogP contribution in [0.1, 0.15) is 15.9 Å². The minimum Gasteiger partial charge on any atom is -0.298 e. The first-order valence-electron chi connectivity index (χ1n) is 6.56. The Morgan fingerprint density at radius 1 is 1.30 bits per heavy atom. The Morgan fingerprint density at radius 3 is 2.78 bits per heavy atom. The van der Waals surface area contributed by atoms with Crippen LogP contribution in [0.5, 0.6) is 0 Å². The topological polar surface area (TPSA) is 85.1 Å². The molecule has 0 radical (unpaired) electrons. The fraction of sp³-hybridized carbons (Fsp3) is 0.0667. The molecule has 0 bridgehead atoms. The van der Waals surface area contributed by atoms with E-state index in [-0.39, 0.29) is 11.6 Å². The third kappa shape index (κ3) is 3.15. The van der Waals surface area contributed by atoms with E-state index < -0.39 is 4.92 Å². The minimum absolute atomic E-state index is 0.0133. The maximum absolute atomic E-state index is 12.3. The highest BCUT2D eigenvalue weighted by Crippen LogP contribution is 2.29. The molecule has 0 atom stereocenters. The lowest BCUT2D eigenvalue weighted by Gasteiger charge is -2.04. The second kappa shape index (κ2) is 5.94. The number of aromatic nitrogens is 1. The lowest BCUT2D eigenvalue weighted by Crippen LogP contribution is -2.12. The van der Waals surface area contributed by atoms with Gasteiger partial charge in [-0.3, -0.25) is 20.2 Å². The van der Waals surface area contributed by atoms with Crippen LogP contribution in [0.3, 0.4) is 0 Å². The summed E-state index contributed by atoms with van der Waals surface area (Å²) >= 11 is 7.24. The van der Waals surface area contributed by atoms with E-state index in [1.165, 1.54) is 23.5 Å². The van der Waals surface area contributed by atoms with Gasteiger partial charge < -0.3 is 0 Å². The van der Waals surface area contributed by atoms with Gasteiger partial charge in [0, 0.05) is 12.1 Å². The first kappa shape index (κ1) is 15.4. The number of hydrogen-bond acceptors (Lipinski definition) is 5. The number of hydrogen-bond donors (Lipinski definition) is 1. The minimum atomic E-state index is -0.469. The molecule has 23 heavy (non-hydrogen) atoms. The predicted octanol–water partition coefficient (Wildman–Crippen LogP) is 4.42. The number of aryl methyl sites for hydroxylation is 1. The van der Waals surface area contributed by atoms with Gasteiger partial charge >= 0.3 is 0 Å². The first-order valence-corrected chi connectivity index (χ1v) is 7.76. The molecule has 1 heterocycles. The van der Waals surface area contributed by atoms with E-state index in [2.05, 4.69) is 10.3 Å². The molecule has 2 aromatic carbocycles. The molecule has 3 rings (SSSR count). The van der Waals surface area contributed by atoms with Gasteiger partial charge in [0.25, 0.3) is 11.6 Å². The molecule has 1 N–H and O–H groups in total. The number of nitro groups is 1. The summed E-state index contributed by atoms with van der Waals surface area (Å²) in [6.45, 7) is 1.88. The summed E-state index contributed by atoms with van der Waals surface area (Å²) in [5.41, 5.74) is 1.88. The van der Waals surface area contributed by atoms with Gasteiger partial charge in [0.05, 0.1) is 25.7 Å². The molecule has 0 unspecified atom stereocenters. The van der Waals surface area contributed by atoms with Crippen LogP contribution in [0.15, 0.2) is 36.4 Å². The standard InChI is InChI=1S/C15H10ClN3O3S/c1-8-2-4-10(11(16)6-8)14(20)18-15-17-12-5-3-9(19(21)22)7-13(12)23-15/h2-7H,1H3,(H,17,18,20). The summed E-state index contributed by atoms with van der Waals surface area (Å²) < 4.78 is 0.629. The molecule has 0 aliphatic heterocycles. The normalized spacial score (nSPS) is 10.7. The second-order valence-corrected chi connectivity index (χ2v) is 6.30. The van der Waals surface area contributed by atoms with E-state index in [0.29, 0.717) is 25.9 Å². The van der Waals surface area contributed by atoms with Crippen LogP contribution in [-0.4, -0.2) is 15.8 Å². The fourth-order valence-electron chi connectivity index (χ4n) is 2.05. The van der Waals surface area contributed by atoms with Gasteiger partial charge in [-0.05, 0) is 30.7 Å². The third-order valence-electron chi connectivity index (χ3n) is 3.17. The molecule has 0 fully saturated rings. The van der Waals surface area contributed by atoms with Crippen LogP contribution in [0.25, 0.3) is 10.2 Å². The maximum atomic E-state index is 12.3. The number of carbonyl (C=O) groups excluding carboxylic acids is 1. The van der Waals surface area contributed by atoms with Gasteiger partial charge in [0.1, 0.15) is 0 Å². The second-order valence-electron chi connectivity index (χ2n) is 4.87. The summed E-state index contributed by atoms with van der Waals surface area (Å²) in [5, 5.41) is 14.2. The van der Waals surface area contributed by atoms with Gasteiger partial charge in [-0.15, -0.1) is 0 Å². The fourth-order valence-corrected chi connectivity index (χ4v) is 3.26. The van der Waals surface area contributed by atoms with Crippen molar-refractivity contribution >= 4 is 49.9 Å². The first-order chi connectivity index (χ1) is 10.9. The number of nitrogens with one attached hydrogen (secondary N) is 1. The average Bonchev–Trinajstić information content (AvgIpc) is 2.87. The number of thiazole rings is 1. The number of nitro benzene ring substituents is 1. The molecule has 3 aromatic rings. The molecule has 0 spiro atoms. The summed E-state index contributed by atoms with van der Waals surface area (Å²) in [6, 6.07) is 9.51. The van der Waals surface area contributed by atoms with Gasteiger partial charge in [-0.1, -0.05) is 29.0 Å². The van der Waals surface area contributed by atoms with Crippen LogP contribution in [-0.2, 0) is 0 Å². The Balaban J connectivity index is 1.89. The van der Waals surface area contributed by atoms with Crippen molar-refractivity contribution in [2.24, 2.45) is 0 Å². The molecular formula is C15H10ClN3O3S. The van der Waals surface area contributed by atoms with Gasteiger partial charge in [0.15, 0.2) is 5.13 Å². The van der Waals surface area contributed by atoms with Crippen molar-refractivity contribution in [1.29, 1.82) is 0 Å². The lowest BCUT2D eigenvalue weighted by atomic mass is 10.1. The maximum Gasteiger partial charge on any atom is 0.270 e. The number of benzene rings is 2. The number of anilines is 1. The molecule has 6 nitrogen and oxygen atoms in total. The molecule has 0 saturated carbocycles. The summed E-state index contributed by atoms with van der Waals surface area (Å²) in [4.78, 5) is 26.8. The molecular weight excluding hydrogens is 338 g/mol. The van der Waals surface area contributed by atoms with Crippen LogP contribution in [0, 0.1) is 17.0 Å². The van der Waals surface area contributed by atoms with E-state index >= 15 is 0 Å². The van der Waals surface area contributed by atoms with E-state index in [1.54, 1.807) is 24.3 Å². The SMILES string of the molecule is Cc1ccc(C(=O)Nc2nc3ccc([N+](=O)[O-])cc3s2)c(Cl)c1. The predicted molar refractivity (Wildman–Crippen MR) is 90.4 cm³/mol. The number of rotatable bonds is 3. The summed E-state index contributed by atoms with van der Waals surface area (Å²) in [5.74, 6) is -0.372. The monoisotopic (exact) mass is 347 g/mol. The van der Waals surface area contributed by atoms with E-state index in [0.717, 1.165) is 5.56 Å². The third-order valence-corrected chi connectivity index (χ3v) is 4.42. The number of non-ortho nitro benzene ring substituents is 1. The lowest BCUT2D eigenvalue weighted by molar-refractivity contribution is -0.384. The molecule has 1 aromatic heterocycles. The highest BCUT2D eigenvalue weighted by atomic mass is 35.5. The van der Waals surface area contributed by atoms with Crippen molar-refractivity contribution < 1.29 is 9.72 Å². The van der Waals surface area contributed by atoms with Crippen molar-refractivity contribution in [2.45, 2.75) is 6.92 Å². The smallest absolute Gasteiger partial charge is 0.270 e. The summed E-state index contributed by atoms with van der Waals surface area (Å²) in [6.07, 6.45) is 0. The van der Waals surface area contributed by atoms with Crippen molar-refractivity contribution in [3.63, 3.8) is 0 Å². The number of halogens is 1. The van der Waals surface area contributed by atoms with Gasteiger partial charge in [0.2, 0.25) is 0 Å². The average molecular weight is 348 g/mol.